The molecule has 1 aromatic heterocycles. The van der Waals surface area contributed by atoms with E-state index in [1.807, 2.05) is 66.7 Å². The van der Waals surface area contributed by atoms with Crippen molar-refractivity contribution in [2.75, 3.05) is 12.9 Å². The zero-order valence-corrected chi connectivity index (χ0v) is 19.2. The minimum atomic E-state index is -0.311. The molecule has 0 unspecified atom stereocenters. The van der Waals surface area contributed by atoms with E-state index in [4.69, 9.17) is 4.74 Å². The molecule has 0 bridgehead atoms. The van der Waals surface area contributed by atoms with E-state index < -0.39 is 0 Å². The minimum Gasteiger partial charge on any atom is -0.496 e. The molecule has 0 saturated heterocycles. The molecule has 170 valence electrons. The van der Waals surface area contributed by atoms with Crippen molar-refractivity contribution in [2.24, 2.45) is 5.10 Å². The number of fused-ring (bicyclic) bond motifs is 1. The summed E-state index contributed by atoms with van der Waals surface area (Å²) in [4.78, 5) is 30.1. The Labute approximate surface area is 200 Å². The molecular weight excluding hydrogens is 448 g/mol. The number of aromatic nitrogens is 2. The molecule has 0 saturated carbocycles. The van der Waals surface area contributed by atoms with Crippen LogP contribution < -0.4 is 15.7 Å². The molecule has 1 heterocycles. The van der Waals surface area contributed by atoms with Gasteiger partial charge in [0.2, 0.25) is 0 Å². The molecule has 0 fully saturated rings. The Bertz CT molecular complexity index is 1410. The van der Waals surface area contributed by atoms with Crippen LogP contribution in [0.3, 0.4) is 0 Å². The molecule has 1 N–H and O–H groups in total. The molecule has 7 nitrogen and oxygen atoms in total. The van der Waals surface area contributed by atoms with Crippen LogP contribution in [0.5, 0.6) is 5.75 Å². The zero-order chi connectivity index (χ0) is 23.8. The van der Waals surface area contributed by atoms with Crippen LogP contribution in [0.1, 0.15) is 5.56 Å². The average molecular weight is 471 g/mol. The average Bonchev–Trinajstić information content (AvgIpc) is 2.88. The van der Waals surface area contributed by atoms with Crippen LogP contribution in [0, 0.1) is 0 Å². The van der Waals surface area contributed by atoms with Crippen molar-refractivity contribution in [1.29, 1.82) is 0 Å². The number of amides is 1. The van der Waals surface area contributed by atoms with Gasteiger partial charge in [0.25, 0.3) is 11.5 Å². The number of ether oxygens (including phenoxy) is 1. The van der Waals surface area contributed by atoms with E-state index >= 15 is 0 Å². The van der Waals surface area contributed by atoms with Gasteiger partial charge in [0.1, 0.15) is 5.75 Å². The first-order valence-corrected chi connectivity index (χ1v) is 11.5. The molecule has 4 rings (SSSR count). The number of hydrogen-bond donors (Lipinski definition) is 1. The number of rotatable bonds is 8. The van der Waals surface area contributed by atoms with Gasteiger partial charge in [-0.15, -0.1) is 0 Å². The first-order chi connectivity index (χ1) is 16.7. The SMILES string of the molecule is COc1ccccc1/C=C/C=N\NC(=O)CSc1nc2ccccc2c(=O)n1-c1ccccc1. The minimum absolute atomic E-state index is 0.0468. The summed E-state index contributed by atoms with van der Waals surface area (Å²) < 4.78 is 6.82. The van der Waals surface area contributed by atoms with Gasteiger partial charge in [-0.2, -0.15) is 5.10 Å². The number of carbonyl (C=O) groups excluding carboxylic acids is 1. The van der Waals surface area contributed by atoms with Crippen molar-refractivity contribution in [2.45, 2.75) is 5.16 Å². The largest absolute Gasteiger partial charge is 0.496 e. The lowest BCUT2D eigenvalue weighted by Crippen LogP contribution is -2.24. The second-order valence-electron chi connectivity index (χ2n) is 7.09. The van der Waals surface area contributed by atoms with Crippen LogP contribution in [0.2, 0.25) is 0 Å². The number of allylic oxidation sites excluding steroid dienone is 1. The summed E-state index contributed by atoms with van der Waals surface area (Å²) in [6.45, 7) is 0. The highest BCUT2D eigenvalue weighted by atomic mass is 32.2. The Morgan fingerprint density at radius 3 is 2.62 bits per heavy atom. The Morgan fingerprint density at radius 2 is 1.79 bits per heavy atom. The zero-order valence-electron chi connectivity index (χ0n) is 18.4. The number of nitrogens with one attached hydrogen (secondary N) is 1. The number of para-hydroxylation sites is 3. The predicted molar refractivity (Wildman–Crippen MR) is 137 cm³/mol. The third-order valence-electron chi connectivity index (χ3n) is 4.86. The van der Waals surface area contributed by atoms with Crippen LogP contribution in [0.4, 0.5) is 0 Å². The van der Waals surface area contributed by atoms with Gasteiger partial charge in [-0.1, -0.05) is 60.3 Å². The third-order valence-corrected chi connectivity index (χ3v) is 5.79. The predicted octanol–water partition coefficient (Wildman–Crippen LogP) is 4.30. The van der Waals surface area contributed by atoms with E-state index in [2.05, 4.69) is 15.5 Å². The molecule has 0 aliphatic rings. The maximum Gasteiger partial charge on any atom is 0.266 e. The Morgan fingerprint density at radius 1 is 1.06 bits per heavy atom. The van der Waals surface area contributed by atoms with E-state index in [1.54, 1.807) is 31.4 Å². The third kappa shape index (κ3) is 5.41. The molecule has 1 amide bonds. The second-order valence-corrected chi connectivity index (χ2v) is 8.03. The number of hydrogen-bond acceptors (Lipinski definition) is 6. The highest BCUT2D eigenvalue weighted by Gasteiger charge is 2.14. The van der Waals surface area contributed by atoms with Gasteiger partial charge >= 0.3 is 0 Å². The summed E-state index contributed by atoms with van der Waals surface area (Å²) in [6.07, 6.45) is 5.03. The topological polar surface area (TPSA) is 85.6 Å². The van der Waals surface area contributed by atoms with Crippen molar-refractivity contribution < 1.29 is 9.53 Å². The number of carbonyl (C=O) groups is 1. The second kappa shape index (κ2) is 11.1. The fourth-order valence-corrected chi connectivity index (χ4v) is 4.08. The van der Waals surface area contributed by atoms with Crippen molar-refractivity contribution in [3.05, 3.63) is 101 Å². The van der Waals surface area contributed by atoms with Crippen LogP contribution in [-0.2, 0) is 4.79 Å². The quantitative estimate of drug-likeness (QED) is 0.180. The molecule has 4 aromatic rings. The van der Waals surface area contributed by atoms with Crippen molar-refractivity contribution >= 4 is 40.9 Å². The van der Waals surface area contributed by atoms with E-state index in [1.165, 1.54) is 22.5 Å². The molecule has 34 heavy (non-hydrogen) atoms. The van der Waals surface area contributed by atoms with Gasteiger partial charge in [-0.3, -0.25) is 14.2 Å². The molecule has 8 heteroatoms. The van der Waals surface area contributed by atoms with E-state index in [9.17, 15) is 9.59 Å². The Balaban J connectivity index is 1.46. The molecule has 0 radical (unpaired) electrons. The summed E-state index contributed by atoms with van der Waals surface area (Å²) in [5.41, 5.74) is 4.49. The van der Waals surface area contributed by atoms with E-state index in [0.717, 1.165) is 11.3 Å². The molecule has 3 aromatic carbocycles. The van der Waals surface area contributed by atoms with Gasteiger partial charge in [-0.25, -0.2) is 10.4 Å². The van der Waals surface area contributed by atoms with E-state index in [0.29, 0.717) is 21.7 Å². The summed E-state index contributed by atoms with van der Waals surface area (Å²) in [5, 5.41) is 4.90. The van der Waals surface area contributed by atoms with Crippen molar-refractivity contribution in [3.63, 3.8) is 0 Å². The van der Waals surface area contributed by atoms with Gasteiger partial charge in [0, 0.05) is 11.8 Å². The standard InChI is InChI=1S/C26H22N4O3S/c1-33-23-16-8-5-10-19(23)11-9-17-27-29-24(31)18-34-26-28-22-15-7-6-14-21(22)25(32)30(26)20-12-3-2-4-13-20/h2-17H,18H2,1H3,(H,29,31)/b11-9+,27-17-. The normalized spacial score (nSPS) is 11.3. The van der Waals surface area contributed by atoms with Crippen LogP contribution >= 0.6 is 11.8 Å². The molecule has 0 aliphatic carbocycles. The maximum absolute atomic E-state index is 13.2. The lowest BCUT2D eigenvalue weighted by molar-refractivity contribution is -0.118. The molecule has 0 spiro atoms. The van der Waals surface area contributed by atoms with Crippen LogP contribution in [0.15, 0.2) is 100.0 Å². The number of nitrogens with zero attached hydrogens (tertiary/aromatic N) is 3. The summed E-state index contributed by atoms with van der Waals surface area (Å²) in [6, 6.07) is 24.0. The smallest absolute Gasteiger partial charge is 0.266 e. The maximum atomic E-state index is 13.2. The fraction of sp³-hybridized carbons (Fsp3) is 0.0769. The van der Waals surface area contributed by atoms with E-state index in [-0.39, 0.29) is 17.2 Å². The summed E-state index contributed by atoms with van der Waals surface area (Å²) in [7, 11) is 1.61. The Kier molecular flexibility index (Phi) is 7.52. The number of thioether (sulfide) groups is 1. The first kappa shape index (κ1) is 23.0. The lowest BCUT2D eigenvalue weighted by atomic mass is 10.2. The van der Waals surface area contributed by atoms with Gasteiger partial charge in [0.15, 0.2) is 5.16 Å². The van der Waals surface area contributed by atoms with Crippen molar-refractivity contribution in [1.82, 2.24) is 15.0 Å². The van der Waals surface area contributed by atoms with Crippen molar-refractivity contribution in [3.8, 4) is 11.4 Å². The van der Waals surface area contributed by atoms with Gasteiger partial charge in [0.05, 0.1) is 29.5 Å². The number of methoxy groups -OCH3 is 1. The lowest BCUT2D eigenvalue weighted by Gasteiger charge is -2.12. The van der Waals surface area contributed by atoms with Crippen LogP contribution in [0.25, 0.3) is 22.7 Å². The highest BCUT2D eigenvalue weighted by molar-refractivity contribution is 7.99. The highest BCUT2D eigenvalue weighted by Crippen LogP contribution is 2.21. The number of benzene rings is 3. The Hall–Kier alpha value is -4.17. The number of hydrazone groups is 1. The molecule has 0 atom stereocenters. The van der Waals surface area contributed by atoms with Gasteiger partial charge < -0.3 is 4.74 Å². The first-order valence-electron chi connectivity index (χ1n) is 10.5. The monoisotopic (exact) mass is 470 g/mol. The summed E-state index contributed by atoms with van der Waals surface area (Å²) >= 11 is 1.18. The van der Waals surface area contributed by atoms with Gasteiger partial charge in [-0.05, 0) is 42.5 Å². The summed E-state index contributed by atoms with van der Waals surface area (Å²) in [5.74, 6) is 0.486. The molecule has 0 aliphatic heterocycles. The fourth-order valence-electron chi connectivity index (χ4n) is 3.28. The molecular formula is C26H22N4O3S. The van der Waals surface area contributed by atoms with Crippen LogP contribution in [-0.4, -0.2) is 34.5 Å².